The Hall–Kier alpha value is -4.65. The van der Waals surface area contributed by atoms with E-state index in [0.29, 0.717) is 17.8 Å². The summed E-state index contributed by atoms with van der Waals surface area (Å²) in [5.41, 5.74) is 8.05. The molecule has 0 aromatic heterocycles. The molecule has 2 aliphatic carbocycles. The molecule has 0 bridgehead atoms. The zero-order chi connectivity index (χ0) is 32.2. The van der Waals surface area contributed by atoms with E-state index in [1.54, 1.807) is 30.3 Å². The number of allylic oxidation sites excluding steroid dienone is 4. The summed E-state index contributed by atoms with van der Waals surface area (Å²) in [6.07, 6.45) is 0.284. The average molecular weight is 662 g/mol. The number of aliphatic hydroxyl groups is 1. The van der Waals surface area contributed by atoms with Crippen LogP contribution in [0.25, 0.3) is 21.9 Å². The van der Waals surface area contributed by atoms with Gasteiger partial charge in [-0.2, -0.15) is 30.0 Å². The molecule has 0 saturated carbocycles. The highest BCUT2D eigenvalue weighted by molar-refractivity contribution is 7.91. The van der Waals surface area contributed by atoms with Gasteiger partial charge in [-0.15, -0.1) is 0 Å². The van der Waals surface area contributed by atoms with Crippen molar-refractivity contribution in [3.8, 4) is 11.5 Å². The molecule has 1 atom stereocenters. The number of para-hydroxylation sites is 1. The molecule has 44 heavy (non-hydrogen) atoms. The molecule has 6 N–H and O–H groups in total. The maximum absolute atomic E-state index is 12.4. The van der Waals surface area contributed by atoms with Gasteiger partial charge in [0.05, 0.1) is 21.6 Å². The fourth-order valence-electron chi connectivity index (χ4n) is 4.90. The third-order valence-corrected chi connectivity index (χ3v) is 8.65. The zero-order valence-corrected chi connectivity index (χ0v) is 24.2. The Kier molecular flexibility index (Phi) is 7.57. The second-order valence-electron chi connectivity index (χ2n) is 9.31. The highest BCUT2D eigenvalue weighted by Gasteiger charge is 2.42. The van der Waals surface area contributed by atoms with Gasteiger partial charge >= 0.3 is 26.2 Å². The van der Waals surface area contributed by atoms with Gasteiger partial charge in [0.25, 0.3) is 10.1 Å². The van der Waals surface area contributed by atoms with Crippen molar-refractivity contribution in [2.24, 2.45) is 0 Å². The lowest BCUT2D eigenvalue weighted by Gasteiger charge is -2.26. The number of aromatic hydroxyl groups is 1. The summed E-state index contributed by atoms with van der Waals surface area (Å²) < 4.78 is 106. The summed E-state index contributed by atoms with van der Waals surface area (Å²) in [4.78, 5) is 1.14. The van der Waals surface area contributed by atoms with E-state index in [1.165, 1.54) is 12.1 Å². The SMILES string of the molecule is [N-]=[N+]=C1C(S(=O)(=O)O)=CC2=CC(S(=O)(=O)O)=CC(O)C2=C1c1cc(O)c(Nc2ccccc2)c2c(OS(=O)(=O)O)cccc12. The van der Waals surface area contributed by atoms with Crippen LogP contribution in [0.15, 0.2) is 93.8 Å². The topological polar surface area (TPSA) is 261 Å². The van der Waals surface area contributed by atoms with E-state index < -0.39 is 69.3 Å². The van der Waals surface area contributed by atoms with E-state index in [1.807, 2.05) is 0 Å². The molecular formula is C26H19N3O12S3. The largest absolute Gasteiger partial charge is 0.506 e. The van der Waals surface area contributed by atoms with Crippen molar-refractivity contribution >= 4 is 64.1 Å². The second kappa shape index (κ2) is 10.8. The number of phenols is 1. The summed E-state index contributed by atoms with van der Waals surface area (Å²) in [5.74, 6) is -1.15. The lowest BCUT2D eigenvalue weighted by molar-refractivity contribution is -0.00126. The van der Waals surface area contributed by atoms with Crippen molar-refractivity contribution in [1.82, 2.24) is 0 Å². The van der Waals surface area contributed by atoms with Gasteiger partial charge in [-0.05, 0) is 53.5 Å². The van der Waals surface area contributed by atoms with Crippen LogP contribution in [0.2, 0.25) is 0 Å². The fraction of sp³-hybridized carbons (Fsp3) is 0.0385. The van der Waals surface area contributed by atoms with Crippen LogP contribution in [0, 0.1) is 0 Å². The molecular weight excluding hydrogens is 642 g/mol. The highest BCUT2D eigenvalue weighted by Crippen LogP contribution is 2.48. The molecule has 1 unspecified atom stereocenters. The van der Waals surface area contributed by atoms with Crippen LogP contribution in [0.3, 0.4) is 0 Å². The maximum atomic E-state index is 12.4. The third kappa shape index (κ3) is 5.79. The summed E-state index contributed by atoms with van der Waals surface area (Å²) in [6.45, 7) is 0. The molecule has 228 valence electrons. The number of nitrogens with zero attached hydrogens (tertiary/aromatic N) is 2. The standard InChI is InChI=1S/C26H19N3O12S3/c27-29-26-21(43(35,36)37)10-13-9-15(42(32,33)34)11-18(30)22(13)24(26)17-12-19(31)25(28-14-5-2-1-3-6-14)23-16(17)7-4-8-20(23)41-44(38,39)40/h1-12,18,28,30-31H,(H,32,33,34)(H,35,36,37)(H,38,39,40). The Labute approximate surface area is 249 Å². The number of phenolic OH excluding ortho intramolecular Hbond substituents is 1. The van der Waals surface area contributed by atoms with Gasteiger partial charge in [0, 0.05) is 16.8 Å². The Morgan fingerprint density at radius 3 is 2.16 bits per heavy atom. The van der Waals surface area contributed by atoms with Crippen LogP contribution in [0.5, 0.6) is 11.5 Å². The highest BCUT2D eigenvalue weighted by atomic mass is 32.3. The molecule has 0 amide bonds. The normalized spacial score (nSPS) is 17.3. The monoisotopic (exact) mass is 661 g/mol. The summed E-state index contributed by atoms with van der Waals surface area (Å²) >= 11 is 0. The minimum Gasteiger partial charge on any atom is -0.506 e. The van der Waals surface area contributed by atoms with Crippen LogP contribution in [0.1, 0.15) is 5.56 Å². The predicted molar refractivity (Wildman–Crippen MR) is 156 cm³/mol. The molecule has 0 radical (unpaired) electrons. The molecule has 2 aliphatic rings. The molecule has 18 heteroatoms. The number of hydrogen-bond acceptors (Lipinski definition) is 10. The first-order chi connectivity index (χ1) is 20.5. The summed E-state index contributed by atoms with van der Waals surface area (Å²) in [7, 11) is -15.3. The van der Waals surface area contributed by atoms with E-state index in [-0.39, 0.29) is 33.2 Å². The van der Waals surface area contributed by atoms with Crippen molar-refractivity contribution in [2.45, 2.75) is 6.10 Å². The minimum atomic E-state index is -5.22. The Bertz CT molecular complexity index is 2270. The molecule has 15 nitrogen and oxygen atoms in total. The zero-order valence-electron chi connectivity index (χ0n) is 21.7. The van der Waals surface area contributed by atoms with Crippen LogP contribution in [-0.2, 0) is 30.6 Å². The second-order valence-corrected chi connectivity index (χ2v) is 13.1. The number of rotatable bonds is 7. The van der Waals surface area contributed by atoms with Gasteiger partial charge in [0.1, 0.15) is 11.9 Å². The van der Waals surface area contributed by atoms with Gasteiger partial charge in [0.2, 0.25) is 0 Å². The van der Waals surface area contributed by atoms with Crippen molar-refractivity contribution in [2.75, 3.05) is 5.32 Å². The van der Waals surface area contributed by atoms with E-state index in [4.69, 9.17) is 4.18 Å². The van der Waals surface area contributed by atoms with Crippen molar-refractivity contribution in [1.29, 1.82) is 0 Å². The van der Waals surface area contributed by atoms with E-state index in [0.717, 1.165) is 18.2 Å². The molecule has 5 rings (SSSR count). The average Bonchev–Trinajstić information content (AvgIpc) is 2.92. The van der Waals surface area contributed by atoms with Crippen molar-refractivity contribution < 1.29 is 58.1 Å². The van der Waals surface area contributed by atoms with Gasteiger partial charge < -0.3 is 25.2 Å². The first-order valence-corrected chi connectivity index (χ1v) is 16.3. The van der Waals surface area contributed by atoms with Gasteiger partial charge in [-0.3, -0.25) is 13.7 Å². The fourth-order valence-corrected chi connectivity index (χ4v) is 6.51. The molecule has 0 spiro atoms. The van der Waals surface area contributed by atoms with Crippen LogP contribution in [-0.4, -0.2) is 65.7 Å². The third-order valence-electron chi connectivity index (χ3n) is 6.54. The Balaban J connectivity index is 1.93. The molecule has 3 aromatic carbocycles. The molecule has 3 aromatic rings. The number of fused-ring (bicyclic) bond motifs is 2. The summed E-state index contributed by atoms with van der Waals surface area (Å²) in [5, 5.41) is 24.9. The van der Waals surface area contributed by atoms with Crippen LogP contribution in [0.4, 0.5) is 11.4 Å². The number of hydrogen-bond donors (Lipinski definition) is 6. The number of benzene rings is 3. The first-order valence-electron chi connectivity index (χ1n) is 12.0. The summed E-state index contributed by atoms with van der Waals surface area (Å²) in [6, 6.07) is 13.0. The van der Waals surface area contributed by atoms with Crippen molar-refractivity contribution in [3.63, 3.8) is 0 Å². The Morgan fingerprint density at radius 1 is 0.886 bits per heavy atom. The number of aliphatic hydroxyl groups excluding tert-OH is 1. The molecule has 0 aliphatic heterocycles. The van der Waals surface area contributed by atoms with E-state index in [9.17, 15) is 54.7 Å². The van der Waals surface area contributed by atoms with Gasteiger partial charge in [0.15, 0.2) is 10.7 Å². The minimum absolute atomic E-state index is 0.0428. The van der Waals surface area contributed by atoms with E-state index in [2.05, 4.69) is 10.1 Å². The van der Waals surface area contributed by atoms with Crippen LogP contribution >= 0.6 is 0 Å². The van der Waals surface area contributed by atoms with E-state index >= 15 is 0 Å². The molecule has 0 saturated heterocycles. The number of nitrogens with one attached hydrogen (secondary N) is 1. The molecule has 0 heterocycles. The molecule has 0 fully saturated rings. The first kappa shape index (κ1) is 30.8. The lowest BCUT2D eigenvalue weighted by atomic mass is 9.80. The smallest absolute Gasteiger partial charge is 0.446 e. The number of anilines is 2. The van der Waals surface area contributed by atoms with Gasteiger partial charge in [-0.1, -0.05) is 30.3 Å². The predicted octanol–water partition coefficient (Wildman–Crippen LogP) is 2.75. The maximum Gasteiger partial charge on any atom is 0.446 e. The van der Waals surface area contributed by atoms with Crippen molar-refractivity contribution in [3.05, 3.63) is 105 Å². The Morgan fingerprint density at radius 2 is 1.57 bits per heavy atom. The van der Waals surface area contributed by atoms with Crippen LogP contribution < -0.4 is 9.50 Å². The lowest BCUT2D eigenvalue weighted by Crippen LogP contribution is -2.27. The quantitative estimate of drug-likeness (QED) is 0.0922. The van der Waals surface area contributed by atoms with Gasteiger partial charge in [-0.25, -0.2) is 0 Å².